The highest BCUT2D eigenvalue weighted by Gasteiger charge is 2.41. The van der Waals surface area contributed by atoms with Gasteiger partial charge in [-0.1, -0.05) is 19.3 Å². The zero-order valence-electron chi connectivity index (χ0n) is 17.3. The predicted molar refractivity (Wildman–Crippen MR) is 107 cm³/mol. The van der Waals surface area contributed by atoms with Crippen molar-refractivity contribution in [2.24, 2.45) is 17.3 Å². The van der Waals surface area contributed by atoms with E-state index in [1.807, 2.05) is 0 Å². The van der Waals surface area contributed by atoms with Crippen molar-refractivity contribution in [3.63, 3.8) is 0 Å². The lowest BCUT2D eigenvalue weighted by molar-refractivity contribution is -0.154. The number of carboxylic acid groups (broad SMARTS) is 1. The van der Waals surface area contributed by atoms with Crippen LogP contribution in [-0.4, -0.2) is 46.9 Å². The van der Waals surface area contributed by atoms with Gasteiger partial charge in [0.15, 0.2) is 0 Å². The third-order valence-electron chi connectivity index (χ3n) is 7.16. The van der Waals surface area contributed by atoms with Crippen LogP contribution < -0.4 is 5.32 Å². The Hall–Kier alpha value is -1.59. The molecule has 1 heterocycles. The lowest BCUT2D eigenvalue weighted by Gasteiger charge is -2.40. The van der Waals surface area contributed by atoms with Crippen LogP contribution in [-0.2, 0) is 14.4 Å². The van der Waals surface area contributed by atoms with Crippen LogP contribution in [0.5, 0.6) is 0 Å². The zero-order chi connectivity index (χ0) is 20.1. The molecule has 2 saturated carbocycles. The van der Waals surface area contributed by atoms with E-state index in [4.69, 9.17) is 0 Å². The summed E-state index contributed by atoms with van der Waals surface area (Å²) < 4.78 is 0. The second-order valence-corrected chi connectivity index (χ2v) is 9.55. The van der Waals surface area contributed by atoms with E-state index < -0.39 is 11.4 Å². The summed E-state index contributed by atoms with van der Waals surface area (Å²) in [7, 11) is 0. The number of carbonyl (C=O) groups excluding carboxylic acids is 2. The predicted octanol–water partition coefficient (Wildman–Crippen LogP) is 3.35. The van der Waals surface area contributed by atoms with Gasteiger partial charge >= 0.3 is 5.97 Å². The number of rotatable bonds is 5. The molecule has 0 aromatic carbocycles. The number of nitrogens with zero attached hydrogens (tertiary/aromatic N) is 1. The van der Waals surface area contributed by atoms with E-state index in [2.05, 4.69) is 5.32 Å². The quantitative estimate of drug-likeness (QED) is 0.751. The van der Waals surface area contributed by atoms with Crippen molar-refractivity contribution < 1.29 is 19.5 Å². The molecular formula is C22H36N2O4. The second kappa shape index (κ2) is 9.27. The molecule has 3 aliphatic rings. The van der Waals surface area contributed by atoms with E-state index in [-0.39, 0.29) is 23.8 Å². The number of hydrogen-bond acceptors (Lipinski definition) is 3. The lowest BCUT2D eigenvalue weighted by atomic mass is 9.80. The Balaban J connectivity index is 1.42. The molecule has 0 aromatic heterocycles. The lowest BCUT2D eigenvalue weighted by Crippen LogP contribution is -2.51. The van der Waals surface area contributed by atoms with Gasteiger partial charge in [0, 0.05) is 31.5 Å². The van der Waals surface area contributed by atoms with Gasteiger partial charge < -0.3 is 15.3 Å². The number of likely N-dealkylation sites (tertiary alicyclic amines) is 1. The Kier molecular flexibility index (Phi) is 7.00. The fourth-order valence-electron chi connectivity index (χ4n) is 5.29. The molecule has 0 aromatic rings. The summed E-state index contributed by atoms with van der Waals surface area (Å²) in [6, 6.07) is 0.186. The number of aliphatic carboxylic acids is 1. The van der Waals surface area contributed by atoms with Crippen molar-refractivity contribution in [1.29, 1.82) is 0 Å². The normalized spacial score (nSPS) is 32.0. The minimum atomic E-state index is -0.821. The maximum atomic E-state index is 12.9. The highest BCUT2D eigenvalue weighted by Crippen LogP contribution is 2.33. The van der Waals surface area contributed by atoms with E-state index >= 15 is 0 Å². The van der Waals surface area contributed by atoms with Crippen LogP contribution in [0.2, 0.25) is 0 Å². The van der Waals surface area contributed by atoms with Crippen molar-refractivity contribution in [2.75, 3.05) is 13.1 Å². The first-order chi connectivity index (χ1) is 13.4. The summed E-state index contributed by atoms with van der Waals surface area (Å²) >= 11 is 0. The topological polar surface area (TPSA) is 86.7 Å². The molecule has 1 atom stereocenters. The molecule has 6 heteroatoms. The minimum absolute atomic E-state index is 0.0253. The minimum Gasteiger partial charge on any atom is -0.481 e. The third kappa shape index (κ3) is 5.26. The van der Waals surface area contributed by atoms with Gasteiger partial charge in [-0.05, 0) is 64.2 Å². The number of nitrogens with one attached hydrogen (secondary N) is 1. The van der Waals surface area contributed by atoms with Gasteiger partial charge in [0.2, 0.25) is 11.8 Å². The summed E-state index contributed by atoms with van der Waals surface area (Å²) in [4.78, 5) is 38.5. The van der Waals surface area contributed by atoms with E-state index in [1.54, 1.807) is 11.8 Å². The van der Waals surface area contributed by atoms with Crippen LogP contribution in [0.1, 0.15) is 84.0 Å². The van der Waals surface area contributed by atoms with Crippen LogP contribution in [0.15, 0.2) is 0 Å². The van der Waals surface area contributed by atoms with E-state index in [0.29, 0.717) is 31.8 Å². The van der Waals surface area contributed by atoms with Crippen molar-refractivity contribution in [1.82, 2.24) is 10.2 Å². The summed E-state index contributed by atoms with van der Waals surface area (Å²) in [6.45, 7) is 2.73. The number of carboxylic acids is 1. The molecule has 0 bridgehead atoms. The Bertz CT molecular complexity index is 579. The van der Waals surface area contributed by atoms with Gasteiger partial charge in [-0.2, -0.15) is 0 Å². The van der Waals surface area contributed by atoms with Crippen LogP contribution in [0, 0.1) is 17.3 Å². The molecule has 3 fully saturated rings. The van der Waals surface area contributed by atoms with Gasteiger partial charge in [-0.3, -0.25) is 14.4 Å². The van der Waals surface area contributed by atoms with E-state index in [0.717, 1.165) is 32.1 Å². The first-order valence-corrected chi connectivity index (χ1v) is 11.2. The van der Waals surface area contributed by atoms with Gasteiger partial charge in [0.1, 0.15) is 0 Å². The second-order valence-electron chi connectivity index (χ2n) is 9.55. The monoisotopic (exact) mass is 392 g/mol. The van der Waals surface area contributed by atoms with E-state index in [9.17, 15) is 19.5 Å². The maximum absolute atomic E-state index is 12.9. The molecule has 2 amide bonds. The largest absolute Gasteiger partial charge is 0.481 e. The third-order valence-corrected chi connectivity index (χ3v) is 7.16. The molecule has 2 N–H and O–H groups in total. The van der Waals surface area contributed by atoms with Crippen molar-refractivity contribution in [2.45, 2.75) is 90.0 Å². The fourth-order valence-corrected chi connectivity index (χ4v) is 5.29. The molecule has 1 saturated heterocycles. The fraction of sp³-hybridized carbons (Fsp3) is 0.864. The summed E-state index contributed by atoms with van der Waals surface area (Å²) in [5.41, 5.74) is -0.821. The Morgan fingerprint density at radius 1 is 1.00 bits per heavy atom. The molecule has 1 unspecified atom stereocenters. The number of amides is 2. The summed E-state index contributed by atoms with van der Waals surface area (Å²) in [5.74, 6) is 0.000399. The van der Waals surface area contributed by atoms with Crippen molar-refractivity contribution in [3.8, 4) is 0 Å². The van der Waals surface area contributed by atoms with Crippen LogP contribution in [0.4, 0.5) is 0 Å². The Labute approximate surface area is 168 Å². The smallest absolute Gasteiger partial charge is 0.311 e. The molecule has 158 valence electrons. The Morgan fingerprint density at radius 3 is 2.32 bits per heavy atom. The van der Waals surface area contributed by atoms with Gasteiger partial charge in [0.05, 0.1) is 5.41 Å². The van der Waals surface area contributed by atoms with Crippen LogP contribution in [0.25, 0.3) is 0 Å². The molecule has 6 nitrogen and oxygen atoms in total. The number of piperidine rings is 1. The Morgan fingerprint density at radius 2 is 1.68 bits per heavy atom. The van der Waals surface area contributed by atoms with Crippen LogP contribution >= 0.6 is 0 Å². The van der Waals surface area contributed by atoms with E-state index in [1.165, 1.54) is 32.1 Å². The first-order valence-electron chi connectivity index (χ1n) is 11.2. The van der Waals surface area contributed by atoms with Crippen molar-refractivity contribution >= 4 is 17.8 Å². The van der Waals surface area contributed by atoms with Gasteiger partial charge in [-0.25, -0.2) is 0 Å². The number of carbonyl (C=O) groups is 3. The molecular weight excluding hydrogens is 356 g/mol. The summed E-state index contributed by atoms with van der Waals surface area (Å²) in [6.07, 6.45) is 11.5. The summed E-state index contributed by atoms with van der Waals surface area (Å²) in [5, 5.41) is 12.7. The average Bonchev–Trinajstić information content (AvgIpc) is 2.68. The standard InChI is InChI=1S/C22H36N2O4/c1-22(21(27)28)12-5-13-24(15-22)20(26)17-8-10-18(11-9-17)23-19(25)14-16-6-3-2-4-7-16/h16-18H,2-15H2,1H3,(H,23,25)(H,27,28). The first kappa shape index (κ1) is 21.1. The molecule has 0 radical (unpaired) electrons. The highest BCUT2D eigenvalue weighted by molar-refractivity contribution is 5.81. The molecule has 1 aliphatic heterocycles. The zero-order valence-corrected chi connectivity index (χ0v) is 17.3. The molecule has 0 spiro atoms. The van der Waals surface area contributed by atoms with Crippen molar-refractivity contribution in [3.05, 3.63) is 0 Å². The molecule has 2 aliphatic carbocycles. The SMILES string of the molecule is CC1(C(=O)O)CCCN(C(=O)C2CCC(NC(=O)CC3CCCCC3)CC2)C1. The molecule has 28 heavy (non-hydrogen) atoms. The number of hydrogen-bond donors (Lipinski definition) is 2. The van der Waals surface area contributed by atoms with Gasteiger partial charge in [0.25, 0.3) is 0 Å². The molecule has 3 rings (SSSR count). The van der Waals surface area contributed by atoms with Gasteiger partial charge in [-0.15, -0.1) is 0 Å². The van der Waals surface area contributed by atoms with Crippen LogP contribution in [0.3, 0.4) is 0 Å². The average molecular weight is 393 g/mol. The maximum Gasteiger partial charge on any atom is 0.311 e. The highest BCUT2D eigenvalue weighted by atomic mass is 16.4.